The minimum absolute atomic E-state index is 0.0207. The third-order valence-electron chi connectivity index (χ3n) is 5.27. The molecule has 0 aromatic heterocycles. The first-order valence-corrected chi connectivity index (χ1v) is 11.5. The quantitative estimate of drug-likeness (QED) is 0.422. The molecule has 180 valence electrons. The van der Waals surface area contributed by atoms with E-state index in [4.69, 9.17) is 19.0 Å². The van der Waals surface area contributed by atoms with Gasteiger partial charge in [-0.15, -0.1) is 5.06 Å². The lowest BCUT2D eigenvalue weighted by molar-refractivity contribution is -0.170. The maximum atomic E-state index is 11.8. The van der Waals surface area contributed by atoms with Crippen molar-refractivity contribution in [2.24, 2.45) is 0 Å². The molecule has 1 fully saturated rings. The summed E-state index contributed by atoms with van der Waals surface area (Å²) in [5.41, 5.74) is 0.427. The molecule has 2 atom stereocenters. The van der Waals surface area contributed by atoms with E-state index in [0.29, 0.717) is 26.2 Å². The number of benzene rings is 2. The van der Waals surface area contributed by atoms with E-state index in [-0.39, 0.29) is 12.5 Å². The van der Waals surface area contributed by atoms with Gasteiger partial charge in [-0.2, -0.15) is 0 Å². The van der Waals surface area contributed by atoms with Gasteiger partial charge in [-0.1, -0.05) is 30.3 Å². The second-order valence-electron chi connectivity index (χ2n) is 9.19. The summed E-state index contributed by atoms with van der Waals surface area (Å²) in [6.45, 7) is 7.41. The highest BCUT2D eigenvalue weighted by Crippen LogP contribution is 2.30. The predicted molar refractivity (Wildman–Crippen MR) is 125 cm³/mol. The van der Waals surface area contributed by atoms with E-state index in [2.05, 4.69) is 0 Å². The van der Waals surface area contributed by atoms with Crippen LogP contribution in [0.1, 0.15) is 51.5 Å². The van der Waals surface area contributed by atoms with Crippen LogP contribution in [0.25, 0.3) is 0 Å². The number of hydrogen-bond donors (Lipinski definition) is 1. The van der Waals surface area contributed by atoms with Crippen molar-refractivity contribution in [3.63, 3.8) is 0 Å². The van der Waals surface area contributed by atoms with Crippen LogP contribution in [0.2, 0.25) is 0 Å². The lowest BCUT2D eigenvalue weighted by Gasteiger charge is -2.34. The van der Waals surface area contributed by atoms with Gasteiger partial charge in [0.25, 0.3) is 0 Å². The number of unbranched alkanes of at least 4 members (excludes halogenated alkanes) is 1. The molecule has 0 amide bonds. The van der Waals surface area contributed by atoms with Gasteiger partial charge in [-0.3, -0.25) is 0 Å². The van der Waals surface area contributed by atoms with Crippen LogP contribution in [0.3, 0.4) is 0 Å². The van der Waals surface area contributed by atoms with Gasteiger partial charge >= 0.3 is 6.16 Å². The number of aliphatic hydroxyl groups excluding tert-OH is 1. The van der Waals surface area contributed by atoms with Crippen molar-refractivity contribution in [3.05, 3.63) is 60.2 Å². The highest BCUT2D eigenvalue weighted by molar-refractivity contribution is 5.60. The zero-order chi connectivity index (χ0) is 23.7. The molecule has 0 aliphatic carbocycles. The number of para-hydroxylation sites is 1. The number of β-amino-alcohol motifs (C(OH)–C–C–N with tert-alkyl or cyclic N) is 1. The molecule has 3 rings (SSSR count). The Labute approximate surface area is 196 Å². The van der Waals surface area contributed by atoms with E-state index < -0.39 is 17.9 Å². The normalized spacial score (nSPS) is 19.0. The van der Waals surface area contributed by atoms with Crippen LogP contribution in [0, 0.1) is 0 Å². The minimum atomic E-state index is -0.749. The first kappa shape index (κ1) is 24.9. The summed E-state index contributed by atoms with van der Waals surface area (Å²) in [7, 11) is 0. The zero-order valence-corrected chi connectivity index (χ0v) is 19.7. The maximum Gasteiger partial charge on any atom is 0.528 e. The lowest BCUT2D eigenvalue weighted by Crippen LogP contribution is -2.44. The number of rotatable bonds is 9. The number of nitrogens with zero attached hydrogens (tertiary/aromatic N) is 1. The number of aliphatic hydroxyl groups is 1. The molecule has 2 aromatic carbocycles. The fraction of sp³-hybridized carbons (Fsp3) is 0.500. The highest BCUT2D eigenvalue weighted by atomic mass is 16.8. The zero-order valence-electron chi connectivity index (χ0n) is 19.7. The summed E-state index contributed by atoms with van der Waals surface area (Å²) >= 11 is 0. The van der Waals surface area contributed by atoms with Crippen molar-refractivity contribution in [2.75, 3.05) is 26.3 Å². The van der Waals surface area contributed by atoms with Crippen LogP contribution in [-0.4, -0.2) is 54.3 Å². The smallest absolute Gasteiger partial charge is 0.494 e. The summed E-state index contributed by atoms with van der Waals surface area (Å²) in [6, 6.07) is 17.7. The van der Waals surface area contributed by atoms with Crippen LogP contribution in [0.4, 0.5) is 4.79 Å². The van der Waals surface area contributed by atoms with Gasteiger partial charge in [0.05, 0.1) is 25.9 Å². The molecule has 1 aliphatic heterocycles. The summed E-state index contributed by atoms with van der Waals surface area (Å²) in [6.07, 6.45) is 1.11. The molecule has 1 aliphatic rings. The van der Waals surface area contributed by atoms with Crippen LogP contribution in [0.15, 0.2) is 54.6 Å². The summed E-state index contributed by atoms with van der Waals surface area (Å²) in [5.74, 6) is 1.68. The number of carbonyl (C=O) groups excluding carboxylic acids is 1. The molecule has 0 radical (unpaired) electrons. The first-order chi connectivity index (χ1) is 15.8. The van der Waals surface area contributed by atoms with Crippen molar-refractivity contribution in [1.29, 1.82) is 0 Å². The Morgan fingerprint density at radius 3 is 2.15 bits per heavy atom. The van der Waals surface area contributed by atoms with Gasteiger partial charge in [-0.25, -0.2) is 4.79 Å². The standard InChI is InChI=1S/C26H35NO6/c1-26(2,3)32-25(29)33-27-16-15-23(24(28)19-27)20-11-13-22(14-12-20)31-18-8-7-17-30-21-9-5-4-6-10-21/h4-6,9-14,23-24,28H,7-8,15-19H2,1-3H3. The van der Waals surface area contributed by atoms with Gasteiger partial charge in [0.15, 0.2) is 0 Å². The Morgan fingerprint density at radius 2 is 1.58 bits per heavy atom. The molecule has 0 spiro atoms. The Balaban J connectivity index is 1.36. The molecule has 1 N–H and O–H groups in total. The van der Waals surface area contributed by atoms with Crippen molar-refractivity contribution in [2.45, 2.75) is 57.7 Å². The van der Waals surface area contributed by atoms with Crippen LogP contribution in [-0.2, 0) is 9.57 Å². The Hall–Kier alpha value is -2.77. The molecule has 33 heavy (non-hydrogen) atoms. The van der Waals surface area contributed by atoms with Crippen LogP contribution < -0.4 is 9.47 Å². The van der Waals surface area contributed by atoms with E-state index in [0.717, 1.165) is 29.9 Å². The summed E-state index contributed by atoms with van der Waals surface area (Å²) in [4.78, 5) is 17.1. The number of ether oxygens (including phenoxy) is 3. The molecule has 1 heterocycles. The third kappa shape index (κ3) is 8.59. The van der Waals surface area contributed by atoms with E-state index in [9.17, 15) is 9.90 Å². The second-order valence-corrected chi connectivity index (χ2v) is 9.19. The van der Waals surface area contributed by atoms with E-state index >= 15 is 0 Å². The Kier molecular flexibility index (Phi) is 8.97. The van der Waals surface area contributed by atoms with Crippen LogP contribution in [0.5, 0.6) is 11.5 Å². The monoisotopic (exact) mass is 457 g/mol. The predicted octanol–water partition coefficient (Wildman–Crippen LogP) is 4.94. The van der Waals surface area contributed by atoms with Crippen molar-refractivity contribution in [3.8, 4) is 11.5 Å². The van der Waals surface area contributed by atoms with E-state index in [1.165, 1.54) is 5.06 Å². The molecule has 7 heteroatoms. The van der Waals surface area contributed by atoms with Gasteiger partial charge in [0.1, 0.15) is 17.1 Å². The van der Waals surface area contributed by atoms with Crippen LogP contribution >= 0.6 is 0 Å². The lowest BCUT2D eigenvalue weighted by atomic mass is 9.88. The average Bonchev–Trinajstić information content (AvgIpc) is 2.76. The summed E-state index contributed by atoms with van der Waals surface area (Å²) < 4.78 is 16.7. The first-order valence-electron chi connectivity index (χ1n) is 11.5. The molecule has 0 saturated carbocycles. The molecule has 0 bridgehead atoms. The second kappa shape index (κ2) is 11.9. The largest absolute Gasteiger partial charge is 0.528 e. The topological polar surface area (TPSA) is 77.5 Å². The van der Waals surface area contributed by atoms with Crippen molar-refractivity contribution >= 4 is 6.16 Å². The molecule has 1 saturated heterocycles. The van der Waals surface area contributed by atoms with Gasteiger partial charge in [0.2, 0.25) is 0 Å². The van der Waals surface area contributed by atoms with E-state index in [1.54, 1.807) is 20.8 Å². The highest BCUT2D eigenvalue weighted by Gasteiger charge is 2.32. The molecule has 2 unspecified atom stereocenters. The van der Waals surface area contributed by atoms with Gasteiger partial charge < -0.3 is 24.2 Å². The third-order valence-corrected chi connectivity index (χ3v) is 5.27. The molecular formula is C26H35NO6. The molecule has 7 nitrogen and oxygen atoms in total. The fourth-order valence-corrected chi connectivity index (χ4v) is 3.66. The average molecular weight is 458 g/mol. The molecular weight excluding hydrogens is 422 g/mol. The van der Waals surface area contributed by atoms with Crippen molar-refractivity contribution in [1.82, 2.24) is 5.06 Å². The Bertz CT molecular complexity index is 849. The minimum Gasteiger partial charge on any atom is -0.494 e. The van der Waals surface area contributed by atoms with Gasteiger partial charge in [-0.05, 0) is 69.9 Å². The fourth-order valence-electron chi connectivity index (χ4n) is 3.66. The molecule has 2 aromatic rings. The van der Waals surface area contributed by atoms with E-state index in [1.807, 2.05) is 54.6 Å². The number of hydroxylamine groups is 2. The summed E-state index contributed by atoms with van der Waals surface area (Å²) in [5, 5.41) is 12.1. The number of hydrogen-bond acceptors (Lipinski definition) is 7. The Morgan fingerprint density at radius 1 is 0.970 bits per heavy atom. The maximum absolute atomic E-state index is 11.8. The van der Waals surface area contributed by atoms with Gasteiger partial charge in [0, 0.05) is 12.5 Å². The number of carbonyl (C=O) groups is 1. The van der Waals surface area contributed by atoms with Crippen molar-refractivity contribution < 1.29 is 28.9 Å². The SMILES string of the molecule is CC(C)(C)OC(=O)ON1CCC(c2ccc(OCCCCOc3ccccc3)cc2)C(O)C1. The number of piperidine rings is 1.